The molecule has 2 aromatic carbocycles. The van der Waals surface area contributed by atoms with Crippen molar-refractivity contribution >= 4 is 22.4 Å². The first-order valence-corrected chi connectivity index (χ1v) is 7.36. The zero-order valence-electron chi connectivity index (χ0n) is 11.4. The number of aryl methyl sites for hydroxylation is 1. The van der Waals surface area contributed by atoms with Crippen LogP contribution in [0.1, 0.15) is 29.8 Å². The van der Waals surface area contributed by atoms with Crippen molar-refractivity contribution in [3.8, 4) is 0 Å². The van der Waals surface area contributed by atoms with Crippen LogP contribution in [0.25, 0.3) is 10.8 Å². The monoisotopic (exact) mass is 274 g/mol. The van der Waals surface area contributed by atoms with E-state index in [1.54, 1.807) is 0 Å². The number of rotatable bonds is 2. The molecule has 100 valence electrons. The summed E-state index contributed by atoms with van der Waals surface area (Å²) < 4.78 is 5.85. The molecule has 0 saturated carbocycles. The van der Waals surface area contributed by atoms with Crippen molar-refractivity contribution in [1.82, 2.24) is 0 Å². The predicted molar refractivity (Wildman–Crippen MR) is 80.8 cm³/mol. The fourth-order valence-electron chi connectivity index (χ4n) is 3.03. The normalized spacial score (nSPS) is 24.8. The smallest absolute Gasteiger partial charge is 0.0858 e. The maximum absolute atomic E-state index is 6.77. The molecule has 0 N–H and O–H groups in total. The summed E-state index contributed by atoms with van der Waals surface area (Å²) in [4.78, 5) is 0. The van der Waals surface area contributed by atoms with Crippen molar-refractivity contribution in [3.05, 3.63) is 47.5 Å². The summed E-state index contributed by atoms with van der Waals surface area (Å²) >= 11 is 6.77. The van der Waals surface area contributed by atoms with Crippen molar-refractivity contribution in [2.75, 3.05) is 6.61 Å². The van der Waals surface area contributed by atoms with Gasteiger partial charge in [-0.1, -0.05) is 43.3 Å². The van der Waals surface area contributed by atoms with Crippen molar-refractivity contribution < 1.29 is 4.74 Å². The summed E-state index contributed by atoms with van der Waals surface area (Å²) in [6.45, 7) is 5.20. The minimum absolute atomic E-state index is 0.0661. The second-order valence-corrected chi connectivity index (χ2v) is 5.99. The first-order valence-electron chi connectivity index (χ1n) is 6.92. The number of hydrogen-bond donors (Lipinski definition) is 0. The molecular formula is C17H19ClO. The standard InChI is InChI=1S/C17H19ClO/c1-11-7-8-13-5-3-4-6-14(13)15(11)16(18)17-12(2)9-10-19-17/h3-8,12,16-17H,9-10H2,1-2H3. The summed E-state index contributed by atoms with van der Waals surface area (Å²) in [5.74, 6) is 0.529. The van der Waals surface area contributed by atoms with E-state index in [0.29, 0.717) is 5.92 Å². The van der Waals surface area contributed by atoms with Gasteiger partial charge in [0.25, 0.3) is 0 Å². The van der Waals surface area contributed by atoms with E-state index >= 15 is 0 Å². The Bertz CT molecular complexity index is 593. The van der Waals surface area contributed by atoms with Crippen LogP contribution in [0.5, 0.6) is 0 Å². The van der Waals surface area contributed by atoms with E-state index < -0.39 is 0 Å². The van der Waals surface area contributed by atoms with E-state index in [0.717, 1.165) is 13.0 Å². The van der Waals surface area contributed by atoms with Gasteiger partial charge in [0.05, 0.1) is 11.5 Å². The van der Waals surface area contributed by atoms with Gasteiger partial charge in [-0.3, -0.25) is 0 Å². The van der Waals surface area contributed by atoms with Crippen LogP contribution in [0, 0.1) is 12.8 Å². The maximum atomic E-state index is 6.77. The number of ether oxygens (including phenoxy) is 1. The first-order chi connectivity index (χ1) is 9.18. The van der Waals surface area contributed by atoms with Crippen LogP contribution < -0.4 is 0 Å². The Morgan fingerprint density at radius 1 is 1.21 bits per heavy atom. The molecule has 1 saturated heterocycles. The highest BCUT2D eigenvalue weighted by molar-refractivity contribution is 6.22. The lowest BCUT2D eigenvalue weighted by Gasteiger charge is -2.24. The minimum atomic E-state index is -0.0661. The molecule has 1 fully saturated rings. The van der Waals surface area contributed by atoms with Crippen LogP contribution in [0.2, 0.25) is 0 Å². The minimum Gasteiger partial charge on any atom is -0.376 e. The summed E-state index contributed by atoms with van der Waals surface area (Å²) in [6.07, 6.45) is 1.24. The molecule has 1 heterocycles. The van der Waals surface area contributed by atoms with Gasteiger partial charge in [-0.05, 0) is 41.2 Å². The maximum Gasteiger partial charge on any atom is 0.0858 e. The molecule has 3 rings (SSSR count). The van der Waals surface area contributed by atoms with Gasteiger partial charge >= 0.3 is 0 Å². The lowest BCUT2D eigenvalue weighted by Crippen LogP contribution is -2.20. The number of fused-ring (bicyclic) bond motifs is 1. The van der Waals surface area contributed by atoms with Crippen LogP contribution >= 0.6 is 11.6 Å². The third-order valence-electron chi connectivity index (χ3n) is 4.20. The first kappa shape index (κ1) is 13.0. The molecule has 0 bridgehead atoms. The average molecular weight is 275 g/mol. The van der Waals surface area contributed by atoms with Crippen molar-refractivity contribution in [3.63, 3.8) is 0 Å². The molecule has 19 heavy (non-hydrogen) atoms. The molecule has 1 aliphatic heterocycles. The third-order valence-corrected chi connectivity index (χ3v) is 4.66. The van der Waals surface area contributed by atoms with Gasteiger partial charge in [0, 0.05) is 6.61 Å². The summed E-state index contributed by atoms with van der Waals surface area (Å²) in [5.41, 5.74) is 2.49. The SMILES string of the molecule is Cc1ccc2ccccc2c1C(Cl)C1OCCC1C. The van der Waals surface area contributed by atoms with Gasteiger partial charge in [0.15, 0.2) is 0 Å². The van der Waals surface area contributed by atoms with Gasteiger partial charge in [0.1, 0.15) is 0 Å². The Morgan fingerprint density at radius 2 is 2.00 bits per heavy atom. The van der Waals surface area contributed by atoms with Crippen molar-refractivity contribution in [2.45, 2.75) is 31.7 Å². The molecular weight excluding hydrogens is 256 g/mol. The summed E-state index contributed by atoms with van der Waals surface area (Å²) in [6, 6.07) is 12.8. The Labute approximate surface area is 119 Å². The zero-order chi connectivity index (χ0) is 13.4. The van der Waals surface area contributed by atoms with E-state index in [-0.39, 0.29) is 11.5 Å². The van der Waals surface area contributed by atoms with E-state index in [9.17, 15) is 0 Å². The lowest BCUT2D eigenvalue weighted by molar-refractivity contribution is 0.0905. The van der Waals surface area contributed by atoms with E-state index in [4.69, 9.17) is 16.3 Å². The highest BCUT2D eigenvalue weighted by atomic mass is 35.5. The predicted octanol–water partition coefficient (Wildman–Crippen LogP) is 4.85. The van der Waals surface area contributed by atoms with Crippen molar-refractivity contribution in [2.24, 2.45) is 5.92 Å². The van der Waals surface area contributed by atoms with E-state index in [2.05, 4.69) is 50.2 Å². The van der Waals surface area contributed by atoms with Crippen LogP contribution in [0.4, 0.5) is 0 Å². The Balaban J connectivity index is 2.10. The van der Waals surface area contributed by atoms with Crippen LogP contribution in [-0.2, 0) is 4.74 Å². The largest absolute Gasteiger partial charge is 0.376 e. The molecule has 2 heteroatoms. The molecule has 0 radical (unpaired) electrons. The number of benzene rings is 2. The highest BCUT2D eigenvalue weighted by Gasteiger charge is 2.33. The third kappa shape index (κ3) is 2.26. The fraction of sp³-hybridized carbons (Fsp3) is 0.412. The molecule has 0 aliphatic carbocycles. The Hall–Kier alpha value is -1.05. The molecule has 2 aromatic rings. The second-order valence-electron chi connectivity index (χ2n) is 5.52. The molecule has 0 aromatic heterocycles. The highest BCUT2D eigenvalue weighted by Crippen LogP contribution is 2.40. The van der Waals surface area contributed by atoms with Crippen LogP contribution in [-0.4, -0.2) is 12.7 Å². The van der Waals surface area contributed by atoms with Gasteiger partial charge in [-0.25, -0.2) is 0 Å². The molecule has 0 amide bonds. The second kappa shape index (κ2) is 5.15. The molecule has 1 nitrogen and oxygen atoms in total. The molecule has 0 spiro atoms. The van der Waals surface area contributed by atoms with E-state index in [1.165, 1.54) is 21.9 Å². The number of halogens is 1. The average Bonchev–Trinajstić information content (AvgIpc) is 2.84. The van der Waals surface area contributed by atoms with Gasteiger partial charge in [0.2, 0.25) is 0 Å². The zero-order valence-corrected chi connectivity index (χ0v) is 12.2. The van der Waals surface area contributed by atoms with Crippen LogP contribution in [0.15, 0.2) is 36.4 Å². The molecule has 1 aliphatic rings. The quantitative estimate of drug-likeness (QED) is 0.711. The Morgan fingerprint density at radius 3 is 2.74 bits per heavy atom. The lowest BCUT2D eigenvalue weighted by atomic mass is 9.91. The van der Waals surface area contributed by atoms with Crippen LogP contribution in [0.3, 0.4) is 0 Å². The number of alkyl halides is 1. The number of hydrogen-bond acceptors (Lipinski definition) is 1. The van der Waals surface area contributed by atoms with Gasteiger partial charge in [-0.2, -0.15) is 0 Å². The fourth-order valence-corrected chi connectivity index (χ4v) is 3.64. The molecule has 3 unspecified atom stereocenters. The summed E-state index contributed by atoms with van der Waals surface area (Å²) in [7, 11) is 0. The van der Waals surface area contributed by atoms with Gasteiger partial charge in [-0.15, -0.1) is 11.6 Å². The molecule has 3 atom stereocenters. The van der Waals surface area contributed by atoms with E-state index in [1.807, 2.05) is 0 Å². The van der Waals surface area contributed by atoms with Gasteiger partial charge < -0.3 is 4.74 Å². The topological polar surface area (TPSA) is 9.23 Å². The summed E-state index contributed by atoms with van der Waals surface area (Å²) in [5, 5.41) is 2.44. The van der Waals surface area contributed by atoms with Crippen molar-refractivity contribution in [1.29, 1.82) is 0 Å². The Kier molecular flexibility index (Phi) is 3.51.